The molecular formula is C10H25NO5Si2. The minimum absolute atomic E-state index is 0.450. The quantitative estimate of drug-likeness (QED) is 0.694. The predicted octanol–water partition coefficient (Wildman–Crippen LogP) is 2.07. The zero-order valence-corrected chi connectivity index (χ0v) is 14.1. The lowest BCUT2D eigenvalue weighted by atomic mass is 10.4. The fraction of sp³-hybridized carbons (Fsp3) is 0.900. The first-order chi connectivity index (χ1) is 8.16. The Bertz CT molecular complexity index is 265. The molecule has 0 aromatic rings. The lowest BCUT2D eigenvalue weighted by Gasteiger charge is -2.33. The summed E-state index contributed by atoms with van der Waals surface area (Å²) in [5, 5.41) is 8.76. The summed E-state index contributed by atoms with van der Waals surface area (Å²) in [5.41, 5.74) is 0. The van der Waals surface area contributed by atoms with E-state index in [1.54, 1.807) is 21.3 Å². The largest absolute Gasteiger partial charge is 0.490 e. The SMILES string of the molecule is CO[Si](CCCN(C)C(=O)O)(OC)O[Si](C)(C)C. The summed E-state index contributed by atoms with van der Waals surface area (Å²) in [4.78, 5) is 11.9. The van der Waals surface area contributed by atoms with Gasteiger partial charge in [-0.25, -0.2) is 4.79 Å². The maximum atomic E-state index is 10.7. The van der Waals surface area contributed by atoms with E-state index in [-0.39, 0.29) is 0 Å². The van der Waals surface area contributed by atoms with Crippen molar-refractivity contribution in [3.63, 3.8) is 0 Å². The Kier molecular flexibility index (Phi) is 7.07. The van der Waals surface area contributed by atoms with Crippen molar-refractivity contribution >= 4 is 23.2 Å². The molecule has 0 aromatic carbocycles. The summed E-state index contributed by atoms with van der Waals surface area (Å²) in [5.74, 6) is 0. The van der Waals surface area contributed by atoms with Crippen molar-refractivity contribution < 1.29 is 22.9 Å². The highest BCUT2D eigenvalue weighted by Crippen LogP contribution is 2.21. The molecule has 0 saturated carbocycles. The normalized spacial score (nSPS) is 12.6. The number of amides is 1. The molecule has 0 atom stereocenters. The Morgan fingerprint density at radius 2 is 1.72 bits per heavy atom. The molecule has 0 bridgehead atoms. The molecule has 0 unspecified atom stereocenters. The molecule has 0 aliphatic carbocycles. The van der Waals surface area contributed by atoms with Crippen LogP contribution in [0.4, 0.5) is 4.79 Å². The van der Waals surface area contributed by atoms with E-state index >= 15 is 0 Å². The van der Waals surface area contributed by atoms with Crippen molar-refractivity contribution in [3.05, 3.63) is 0 Å². The first-order valence-corrected chi connectivity index (χ1v) is 11.2. The Morgan fingerprint density at radius 1 is 1.22 bits per heavy atom. The maximum absolute atomic E-state index is 10.7. The van der Waals surface area contributed by atoms with Crippen molar-refractivity contribution in [2.45, 2.75) is 32.1 Å². The van der Waals surface area contributed by atoms with Gasteiger partial charge in [0.1, 0.15) is 0 Å². The Labute approximate surface area is 111 Å². The molecule has 0 aliphatic rings. The summed E-state index contributed by atoms with van der Waals surface area (Å²) in [6.07, 6.45) is -0.260. The Balaban J connectivity index is 4.40. The van der Waals surface area contributed by atoms with Gasteiger partial charge in [-0.05, 0) is 26.1 Å². The summed E-state index contributed by atoms with van der Waals surface area (Å²) in [6, 6.07) is 0.627. The van der Waals surface area contributed by atoms with Crippen molar-refractivity contribution in [3.8, 4) is 0 Å². The maximum Gasteiger partial charge on any atom is 0.490 e. The average molecular weight is 295 g/mol. The standard InChI is InChI=1S/C10H25NO5Si2/c1-11(10(12)13)8-7-9-18(14-2,15-3)16-17(4,5)6/h7-9H2,1-6H3,(H,12,13). The minimum atomic E-state index is -2.64. The third-order valence-corrected chi connectivity index (χ3v) is 8.29. The van der Waals surface area contributed by atoms with Gasteiger partial charge in [-0.3, -0.25) is 0 Å². The zero-order valence-electron chi connectivity index (χ0n) is 12.1. The van der Waals surface area contributed by atoms with Gasteiger partial charge in [0.15, 0.2) is 8.32 Å². The molecule has 1 amide bonds. The highest BCUT2D eigenvalue weighted by Gasteiger charge is 2.42. The van der Waals surface area contributed by atoms with Crippen LogP contribution in [0.25, 0.3) is 0 Å². The second kappa shape index (κ2) is 7.24. The lowest BCUT2D eigenvalue weighted by molar-refractivity contribution is 0.146. The number of rotatable bonds is 8. The van der Waals surface area contributed by atoms with Gasteiger partial charge in [-0.2, -0.15) is 0 Å². The molecule has 0 heterocycles. The van der Waals surface area contributed by atoms with Crippen LogP contribution in [0, 0.1) is 0 Å². The van der Waals surface area contributed by atoms with Crippen LogP contribution >= 0.6 is 0 Å². The van der Waals surface area contributed by atoms with E-state index in [4.69, 9.17) is 18.1 Å². The monoisotopic (exact) mass is 295 g/mol. The van der Waals surface area contributed by atoms with Crippen molar-refractivity contribution in [1.29, 1.82) is 0 Å². The Morgan fingerprint density at radius 3 is 2.06 bits per heavy atom. The highest BCUT2D eigenvalue weighted by atomic mass is 28.5. The minimum Gasteiger partial charge on any atom is -0.465 e. The van der Waals surface area contributed by atoms with Crippen molar-refractivity contribution in [1.82, 2.24) is 4.90 Å². The third-order valence-electron chi connectivity index (χ3n) is 2.39. The van der Waals surface area contributed by atoms with E-state index in [9.17, 15) is 4.79 Å². The lowest BCUT2D eigenvalue weighted by Crippen LogP contribution is -2.51. The number of carbonyl (C=O) groups is 1. The second-order valence-corrected chi connectivity index (χ2v) is 12.8. The van der Waals surface area contributed by atoms with E-state index in [1.807, 2.05) is 0 Å². The van der Waals surface area contributed by atoms with Crippen molar-refractivity contribution in [2.75, 3.05) is 27.8 Å². The van der Waals surface area contributed by atoms with Crippen LogP contribution in [-0.2, 0) is 13.0 Å². The molecule has 18 heavy (non-hydrogen) atoms. The van der Waals surface area contributed by atoms with Gasteiger partial charge < -0.3 is 23.0 Å². The van der Waals surface area contributed by atoms with Crippen LogP contribution in [-0.4, -0.2) is 61.0 Å². The average Bonchev–Trinajstić information content (AvgIpc) is 2.25. The molecule has 0 spiro atoms. The second-order valence-electron chi connectivity index (χ2n) is 5.11. The molecule has 0 radical (unpaired) electrons. The van der Waals surface area contributed by atoms with Gasteiger partial charge in [0.2, 0.25) is 0 Å². The van der Waals surface area contributed by atoms with E-state index in [1.165, 1.54) is 4.90 Å². The molecule has 1 N–H and O–H groups in total. The van der Waals surface area contributed by atoms with Gasteiger partial charge in [0, 0.05) is 33.9 Å². The van der Waals surface area contributed by atoms with Crippen LogP contribution < -0.4 is 0 Å². The molecule has 108 valence electrons. The van der Waals surface area contributed by atoms with Crippen LogP contribution in [0.3, 0.4) is 0 Å². The summed E-state index contributed by atoms with van der Waals surface area (Å²) >= 11 is 0. The van der Waals surface area contributed by atoms with E-state index in [0.29, 0.717) is 19.0 Å². The van der Waals surface area contributed by atoms with Gasteiger partial charge >= 0.3 is 14.9 Å². The molecule has 0 rings (SSSR count). The summed E-state index contributed by atoms with van der Waals surface area (Å²) < 4.78 is 17.0. The molecule has 0 fully saturated rings. The van der Waals surface area contributed by atoms with E-state index in [0.717, 1.165) is 0 Å². The van der Waals surface area contributed by atoms with Crippen LogP contribution in [0.2, 0.25) is 25.7 Å². The highest BCUT2D eigenvalue weighted by molar-refractivity contribution is 6.79. The Hall–Kier alpha value is -0.416. The molecule has 0 saturated heterocycles. The third kappa shape index (κ3) is 6.50. The summed E-state index contributed by atoms with van der Waals surface area (Å²) in [6.45, 7) is 6.69. The van der Waals surface area contributed by atoms with Crippen molar-refractivity contribution in [2.24, 2.45) is 0 Å². The molecule has 8 heteroatoms. The van der Waals surface area contributed by atoms with Crippen LogP contribution in [0.15, 0.2) is 0 Å². The molecular weight excluding hydrogens is 270 g/mol. The molecule has 6 nitrogen and oxygen atoms in total. The van der Waals surface area contributed by atoms with Gasteiger partial charge in [0.05, 0.1) is 0 Å². The van der Waals surface area contributed by atoms with Gasteiger partial charge in [0.25, 0.3) is 0 Å². The van der Waals surface area contributed by atoms with Gasteiger partial charge in [-0.15, -0.1) is 0 Å². The van der Waals surface area contributed by atoms with E-state index < -0.39 is 23.2 Å². The number of carboxylic acid groups (broad SMARTS) is 1. The fourth-order valence-electron chi connectivity index (χ4n) is 1.52. The van der Waals surface area contributed by atoms with E-state index in [2.05, 4.69) is 19.6 Å². The van der Waals surface area contributed by atoms with Gasteiger partial charge in [-0.1, -0.05) is 0 Å². The topological polar surface area (TPSA) is 68.2 Å². The van der Waals surface area contributed by atoms with Crippen LogP contribution in [0.5, 0.6) is 0 Å². The number of hydrogen-bond acceptors (Lipinski definition) is 4. The number of nitrogens with zero attached hydrogens (tertiary/aromatic N) is 1. The zero-order chi connectivity index (χ0) is 14.4. The van der Waals surface area contributed by atoms with Crippen LogP contribution in [0.1, 0.15) is 6.42 Å². The number of hydrogen-bond donors (Lipinski definition) is 1. The summed E-state index contributed by atoms with van der Waals surface area (Å²) in [7, 11) is 0.344. The first kappa shape index (κ1) is 17.6. The smallest absolute Gasteiger partial charge is 0.465 e. The fourth-order valence-corrected chi connectivity index (χ4v) is 7.49. The molecule has 0 aliphatic heterocycles. The predicted molar refractivity (Wildman–Crippen MR) is 74.3 cm³/mol. The first-order valence-electron chi connectivity index (χ1n) is 5.90. The molecule has 0 aromatic heterocycles.